The SMILES string of the molecule is CC(C)(C)c1cc(Oc2ccc3c4cc(C(C)(C)C)ccc4n(-c4cc(C(C)(C)C)ccn4)c3c2)cc(N2CN(c3cc(C(C)(C)C)cc(C(C)(C)c4ccccc4)c3)c3cc(C(C)(C)c4ccccc4)c(C(C)(C)c4ccccc4)cc32)c1. The predicted octanol–water partition coefficient (Wildman–Crippen LogP) is 21.4. The van der Waals surface area contributed by atoms with Crippen molar-refractivity contribution in [1.82, 2.24) is 9.55 Å². The van der Waals surface area contributed by atoms with Gasteiger partial charge in [0.2, 0.25) is 0 Å². The maximum Gasteiger partial charge on any atom is 0.137 e. The van der Waals surface area contributed by atoms with Crippen molar-refractivity contribution < 1.29 is 4.74 Å². The molecule has 2 aromatic heterocycles. The zero-order chi connectivity index (χ0) is 60.1. The Morgan fingerprint density at radius 1 is 0.333 bits per heavy atom. The third kappa shape index (κ3) is 10.7. The van der Waals surface area contributed by atoms with Crippen molar-refractivity contribution in [2.24, 2.45) is 0 Å². The first kappa shape index (κ1) is 57.9. The highest BCUT2D eigenvalue weighted by Gasteiger charge is 2.40. The molecule has 5 nitrogen and oxygen atoms in total. The van der Waals surface area contributed by atoms with E-state index in [4.69, 9.17) is 9.72 Å². The summed E-state index contributed by atoms with van der Waals surface area (Å²) in [4.78, 5) is 10.2. The fourth-order valence-electron chi connectivity index (χ4n) is 12.5. The molecule has 0 N–H and O–H groups in total. The van der Waals surface area contributed by atoms with Gasteiger partial charge in [-0.1, -0.05) is 228 Å². The molecule has 0 saturated heterocycles. The minimum atomic E-state index is -0.365. The molecule has 5 heteroatoms. The van der Waals surface area contributed by atoms with Crippen molar-refractivity contribution in [2.75, 3.05) is 16.5 Å². The Kier molecular flexibility index (Phi) is 14.3. The number of pyridine rings is 1. The molecule has 0 fully saturated rings. The lowest BCUT2D eigenvalue weighted by Gasteiger charge is -2.37. The van der Waals surface area contributed by atoms with Gasteiger partial charge in [-0.3, -0.25) is 4.57 Å². The number of hydrogen-bond donors (Lipinski definition) is 0. The molecule has 0 amide bonds. The van der Waals surface area contributed by atoms with Crippen LogP contribution in [-0.2, 0) is 37.9 Å². The van der Waals surface area contributed by atoms with E-state index < -0.39 is 0 Å². The summed E-state index contributed by atoms with van der Waals surface area (Å²) in [6.45, 7) is 42.5. The quantitative estimate of drug-likeness (QED) is 0.129. The van der Waals surface area contributed by atoms with E-state index in [1.807, 2.05) is 6.20 Å². The fraction of sp³-hybridized carbons (Fsp3) is 0.329. The fourth-order valence-corrected chi connectivity index (χ4v) is 12.5. The molecule has 0 saturated carbocycles. The summed E-state index contributed by atoms with van der Waals surface area (Å²) < 4.78 is 9.62. The lowest BCUT2D eigenvalue weighted by atomic mass is 9.68. The lowest BCUT2D eigenvalue weighted by molar-refractivity contribution is 0.479. The highest BCUT2D eigenvalue weighted by atomic mass is 16.5. The molecular formula is C79H88N4O. The number of aromatic nitrogens is 2. The zero-order valence-corrected chi connectivity index (χ0v) is 53.4. The molecule has 430 valence electrons. The van der Waals surface area contributed by atoms with Crippen LogP contribution in [0.2, 0.25) is 0 Å². The standard InChI is InChI=1S/C79H88N4O/c1-73(2,3)55-34-37-68-65(45-55)64-36-35-62(48-69(64)83(68)72-46-56(38-39-80-72)74(4,5)6)84-63-44-58(76(10,11)12)42-61(47-63)82-51-81(60-41-57(75(7,8)9)40-59(43-60)77(13,14)52-28-22-19-23-29-52)70-49-66(78(15,16)53-30-24-20-25-31-53)67(50-71(70)82)79(17,18)54-32-26-21-27-33-54/h19-50H,51H2,1-18H3. The van der Waals surface area contributed by atoms with E-state index >= 15 is 0 Å². The number of anilines is 4. The maximum absolute atomic E-state index is 7.29. The van der Waals surface area contributed by atoms with Crippen LogP contribution in [0.5, 0.6) is 11.5 Å². The highest BCUT2D eigenvalue weighted by Crippen LogP contribution is 2.53. The van der Waals surface area contributed by atoms with Gasteiger partial charge >= 0.3 is 0 Å². The third-order valence-electron chi connectivity index (χ3n) is 18.4. The molecule has 84 heavy (non-hydrogen) atoms. The molecule has 1 aliphatic rings. The first-order valence-corrected chi connectivity index (χ1v) is 30.4. The largest absolute Gasteiger partial charge is 0.457 e. The summed E-state index contributed by atoms with van der Waals surface area (Å²) in [5.74, 6) is 2.45. The molecule has 8 aromatic carbocycles. The van der Waals surface area contributed by atoms with Crippen molar-refractivity contribution >= 4 is 44.6 Å². The van der Waals surface area contributed by atoms with E-state index in [0.717, 1.165) is 39.7 Å². The second kappa shape index (κ2) is 20.7. The minimum Gasteiger partial charge on any atom is -0.457 e. The zero-order valence-electron chi connectivity index (χ0n) is 53.4. The third-order valence-corrected chi connectivity index (χ3v) is 18.4. The number of nitrogens with zero attached hydrogens (tertiary/aromatic N) is 4. The number of benzene rings is 8. The van der Waals surface area contributed by atoms with Gasteiger partial charge < -0.3 is 14.5 Å². The summed E-state index contributed by atoms with van der Waals surface area (Å²) in [6, 6.07) is 70.5. The van der Waals surface area contributed by atoms with Crippen LogP contribution >= 0.6 is 0 Å². The monoisotopic (exact) mass is 1110 g/mol. The van der Waals surface area contributed by atoms with Crippen molar-refractivity contribution in [2.45, 2.75) is 163 Å². The maximum atomic E-state index is 7.29. The van der Waals surface area contributed by atoms with Crippen molar-refractivity contribution in [3.05, 3.63) is 250 Å². The molecule has 0 radical (unpaired) electrons. The van der Waals surface area contributed by atoms with Gasteiger partial charge in [-0.25, -0.2) is 4.98 Å². The van der Waals surface area contributed by atoms with Gasteiger partial charge in [-0.05, 0) is 150 Å². The minimum absolute atomic E-state index is 0.0157. The summed E-state index contributed by atoms with van der Waals surface area (Å²) in [5.41, 5.74) is 18.2. The van der Waals surface area contributed by atoms with Crippen LogP contribution in [0.25, 0.3) is 27.6 Å². The Morgan fingerprint density at radius 3 is 1.31 bits per heavy atom. The van der Waals surface area contributed by atoms with Crippen molar-refractivity contribution in [1.29, 1.82) is 0 Å². The Morgan fingerprint density at radius 2 is 0.798 bits per heavy atom. The van der Waals surface area contributed by atoms with Crippen LogP contribution in [0.3, 0.4) is 0 Å². The molecule has 0 bridgehead atoms. The van der Waals surface area contributed by atoms with Gasteiger partial charge in [0.1, 0.15) is 24.0 Å². The second-order valence-electron chi connectivity index (χ2n) is 29.6. The topological polar surface area (TPSA) is 33.5 Å². The molecule has 3 heterocycles. The highest BCUT2D eigenvalue weighted by molar-refractivity contribution is 6.10. The summed E-state index contributed by atoms with van der Waals surface area (Å²) in [7, 11) is 0. The number of ether oxygens (including phenoxy) is 1. The van der Waals surface area contributed by atoms with Crippen molar-refractivity contribution in [3.63, 3.8) is 0 Å². The Labute approximate surface area is 502 Å². The van der Waals surface area contributed by atoms with Crippen LogP contribution in [0, 0.1) is 0 Å². The first-order chi connectivity index (χ1) is 39.4. The van der Waals surface area contributed by atoms with Gasteiger partial charge in [0.15, 0.2) is 0 Å². The van der Waals surface area contributed by atoms with E-state index in [9.17, 15) is 0 Å². The van der Waals surface area contributed by atoms with E-state index in [1.54, 1.807) is 0 Å². The van der Waals surface area contributed by atoms with E-state index in [0.29, 0.717) is 6.67 Å². The molecule has 11 rings (SSSR count). The van der Waals surface area contributed by atoms with Gasteiger partial charge in [-0.15, -0.1) is 0 Å². The number of fused-ring (bicyclic) bond motifs is 4. The predicted molar refractivity (Wildman–Crippen MR) is 358 cm³/mol. The van der Waals surface area contributed by atoms with Crippen molar-refractivity contribution in [3.8, 4) is 17.3 Å². The molecule has 0 spiro atoms. The van der Waals surface area contributed by atoms with Gasteiger partial charge in [-0.2, -0.15) is 0 Å². The molecule has 0 atom stereocenters. The van der Waals surface area contributed by atoms with Crippen LogP contribution < -0.4 is 14.5 Å². The smallest absolute Gasteiger partial charge is 0.137 e. The lowest BCUT2D eigenvalue weighted by Crippen LogP contribution is -2.28. The molecule has 0 aliphatic carbocycles. The van der Waals surface area contributed by atoms with E-state index in [-0.39, 0.29) is 37.9 Å². The van der Waals surface area contributed by atoms with Crippen LogP contribution in [0.15, 0.2) is 194 Å². The summed E-state index contributed by atoms with van der Waals surface area (Å²) >= 11 is 0. The van der Waals surface area contributed by atoms with E-state index in [1.165, 1.54) is 77.8 Å². The van der Waals surface area contributed by atoms with Gasteiger partial charge in [0.25, 0.3) is 0 Å². The summed E-state index contributed by atoms with van der Waals surface area (Å²) in [6.07, 6.45) is 1.96. The first-order valence-electron chi connectivity index (χ1n) is 30.4. The average Bonchev–Trinajstić information content (AvgIpc) is 2.04. The number of rotatable bonds is 11. The summed E-state index contributed by atoms with van der Waals surface area (Å²) in [5, 5.41) is 2.37. The molecule has 10 aromatic rings. The number of hydrogen-bond acceptors (Lipinski definition) is 4. The molecule has 1 aliphatic heterocycles. The Hall–Kier alpha value is -7.89. The normalized spacial score (nSPS) is 13.7. The Bertz CT molecular complexity index is 4080. The Balaban J connectivity index is 1.13. The average molecular weight is 1110 g/mol. The van der Waals surface area contributed by atoms with Gasteiger partial charge in [0, 0.05) is 56.7 Å². The van der Waals surface area contributed by atoms with Crippen LogP contribution in [-0.4, -0.2) is 16.2 Å². The van der Waals surface area contributed by atoms with E-state index in [2.05, 4.69) is 327 Å². The molecular weight excluding hydrogens is 1020 g/mol. The second-order valence-corrected chi connectivity index (χ2v) is 29.6. The van der Waals surface area contributed by atoms with Crippen LogP contribution in [0.4, 0.5) is 22.7 Å². The van der Waals surface area contributed by atoms with Crippen LogP contribution in [0.1, 0.15) is 180 Å². The molecule has 0 unspecified atom stereocenters. The van der Waals surface area contributed by atoms with Gasteiger partial charge in [0.05, 0.1) is 22.4 Å².